The van der Waals surface area contributed by atoms with Crippen LogP contribution in [0, 0.1) is 18.3 Å². The number of carbonyl (C=O) groups is 1. The predicted octanol–water partition coefficient (Wildman–Crippen LogP) is 2.16. The van der Waals surface area contributed by atoms with Crippen LogP contribution in [-0.2, 0) is 9.53 Å². The van der Waals surface area contributed by atoms with Crippen LogP contribution in [0.25, 0.3) is 11.3 Å². The normalized spacial score (nSPS) is 24.6. The van der Waals surface area contributed by atoms with Crippen LogP contribution >= 0.6 is 0 Å². The average Bonchev–Trinajstić information content (AvgIpc) is 3.18. The first-order valence-corrected chi connectivity index (χ1v) is 8.00. The molecule has 1 N–H and O–H groups in total. The second-order valence-electron chi connectivity index (χ2n) is 6.64. The number of carbonyl (C=O) groups excluding carboxylic acids is 1. The molecule has 0 radical (unpaired) electrons. The van der Waals surface area contributed by atoms with E-state index in [-0.39, 0.29) is 17.1 Å². The summed E-state index contributed by atoms with van der Waals surface area (Å²) in [6, 6.07) is 7.37. The fourth-order valence-corrected chi connectivity index (χ4v) is 3.67. The van der Waals surface area contributed by atoms with Gasteiger partial charge in [-0.2, -0.15) is 0 Å². The first-order valence-electron chi connectivity index (χ1n) is 8.00. The molecule has 0 bridgehead atoms. The number of esters is 1. The summed E-state index contributed by atoms with van der Waals surface area (Å²) in [4.78, 5) is 23.0. The van der Waals surface area contributed by atoms with Crippen LogP contribution in [-0.4, -0.2) is 41.2 Å². The van der Waals surface area contributed by atoms with Crippen LogP contribution in [0.1, 0.15) is 12.0 Å². The molecule has 2 fully saturated rings. The van der Waals surface area contributed by atoms with Crippen molar-refractivity contribution in [3.8, 4) is 17.0 Å². The topological polar surface area (TPSA) is 75.5 Å². The lowest BCUT2D eigenvalue weighted by molar-refractivity contribution is -0.146. The number of hydrogen-bond donors (Lipinski definition) is 1. The molecule has 6 heteroatoms. The number of fused-ring (bicyclic) bond motifs is 1. The van der Waals surface area contributed by atoms with Gasteiger partial charge in [0.1, 0.15) is 5.75 Å². The molecule has 2 aliphatic rings. The van der Waals surface area contributed by atoms with Crippen LogP contribution < -0.4 is 4.90 Å². The molecule has 1 saturated heterocycles. The standard InChI is InChI=1S/C18H19N3O3/c1-11-4-3-5-13(15(11)22)14-6-7-19-17(20-14)21-9-12-8-18(12,10-21)16(23)24-2/h3-7,12,22H,8-10H2,1-2H3/t12-,18-/m0/s1. The van der Waals surface area contributed by atoms with Crippen LogP contribution in [0.15, 0.2) is 30.5 Å². The number of para-hydroxylation sites is 1. The highest BCUT2D eigenvalue weighted by molar-refractivity contribution is 5.83. The smallest absolute Gasteiger partial charge is 0.313 e. The van der Waals surface area contributed by atoms with Crippen LogP contribution in [0.4, 0.5) is 5.95 Å². The molecular formula is C18H19N3O3. The van der Waals surface area contributed by atoms with Crippen molar-refractivity contribution in [3.63, 3.8) is 0 Å². The van der Waals surface area contributed by atoms with Gasteiger partial charge < -0.3 is 14.7 Å². The maximum atomic E-state index is 12.0. The maximum Gasteiger partial charge on any atom is 0.313 e. The fraction of sp³-hybridized carbons (Fsp3) is 0.389. The van der Waals surface area contributed by atoms with Gasteiger partial charge in [0.05, 0.1) is 18.2 Å². The summed E-state index contributed by atoms with van der Waals surface area (Å²) < 4.78 is 4.95. The van der Waals surface area contributed by atoms with Crippen molar-refractivity contribution >= 4 is 11.9 Å². The third-order valence-electron chi connectivity index (χ3n) is 5.18. The van der Waals surface area contributed by atoms with E-state index in [1.165, 1.54) is 7.11 Å². The molecule has 0 unspecified atom stereocenters. The maximum absolute atomic E-state index is 12.0. The molecule has 24 heavy (non-hydrogen) atoms. The number of aromatic nitrogens is 2. The van der Waals surface area contributed by atoms with Crippen LogP contribution in [0.3, 0.4) is 0 Å². The van der Waals surface area contributed by atoms with Gasteiger partial charge in [0.25, 0.3) is 0 Å². The zero-order chi connectivity index (χ0) is 16.9. The van der Waals surface area contributed by atoms with Crippen molar-refractivity contribution in [3.05, 3.63) is 36.0 Å². The molecule has 2 heterocycles. The highest BCUT2D eigenvalue weighted by atomic mass is 16.5. The zero-order valence-electron chi connectivity index (χ0n) is 13.7. The van der Waals surface area contributed by atoms with E-state index in [2.05, 4.69) is 9.97 Å². The number of aryl methyl sites for hydroxylation is 1. The summed E-state index contributed by atoms with van der Waals surface area (Å²) >= 11 is 0. The van der Waals surface area contributed by atoms with Gasteiger partial charge in [0.2, 0.25) is 5.95 Å². The van der Waals surface area contributed by atoms with Crippen LogP contribution in [0.2, 0.25) is 0 Å². The second kappa shape index (κ2) is 5.19. The SMILES string of the molecule is COC(=O)[C@]12C[C@H]1CN(c1nccc(-c3cccc(C)c3O)n1)C2. The van der Waals surface area contributed by atoms with E-state index in [1.807, 2.05) is 30.0 Å². The Hall–Kier alpha value is -2.63. The first-order chi connectivity index (χ1) is 11.5. The Labute approximate surface area is 140 Å². The van der Waals surface area contributed by atoms with Gasteiger partial charge in [-0.05, 0) is 37.0 Å². The Morgan fingerprint density at radius 2 is 2.25 bits per heavy atom. The molecule has 0 spiro atoms. The third-order valence-corrected chi connectivity index (χ3v) is 5.18. The van der Waals surface area contributed by atoms with Gasteiger partial charge in [-0.3, -0.25) is 4.79 Å². The zero-order valence-corrected chi connectivity index (χ0v) is 13.7. The Morgan fingerprint density at radius 1 is 1.42 bits per heavy atom. The Balaban J connectivity index is 1.63. The molecule has 1 aromatic carbocycles. The molecule has 2 atom stereocenters. The average molecular weight is 325 g/mol. The highest BCUT2D eigenvalue weighted by Gasteiger charge is 2.66. The number of anilines is 1. The number of hydrogen-bond acceptors (Lipinski definition) is 6. The molecule has 124 valence electrons. The van der Waals surface area contributed by atoms with E-state index in [9.17, 15) is 9.90 Å². The van der Waals surface area contributed by atoms with Crippen molar-refractivity contribution in [2.45, 2.75) is 13.3 Å². The molecular weight excluding hydrogens is 306 g/mol. The van der Waals surface area contributed by atoms with Crippen molar-refractivity contribution in [1.82, 2.24) is 9.97 Å². The van der Waals surface area contributed by atoms with Gasteiger partial charge in [0.15, 0.2) is 0 Å². The number of aromatic hydroxyl groups is 1. The summed E-state index contributed by atoms with van der Waals surface area (Å²) in [5.74, 6) is 1.01. The number of methoxy groups -OCH3 is 1. The van der Waals surface area contributed by atoms with Gasteiger partial charge in [0, 0.05) is 24.8 Å². The number of benzene rings is 1. The minimum Gasteiger partial charge on any atom is -0.507 e. The van der Waals surface area contributed by atoms with E-state index < -0.39 is 0 Å². The summed E-state index contributed by atoms with van der Waals surface area (Å²) in [6.07, 6.45) is 2.57. The minimum absolute atomic E-state index is 0.137. The predicted molar refractivity (Wildman–Crippen MR) is 88.6 cm³/mol. The quantitative estimate of drug-likeness (QED) is 0.872. The van der Waals surface area contributed by atoms with E-state index in [0.717, 1.165) is 18.5 Å². The van der Waals surface area contributed by atoms with Gasteiger partial charge in [-0.15, -0.1) is 0 Å². The molecule has 4 rings (SSSR count). The summed E-state index contributed by atoms with van der Waals surface area (Å²) in [7, 11) is 1.44. The van der Waals surface area contributed by atoms with Crippen molar-refractivity contribution < 1.29 is 14.6 Å². The lowest BCUT2D eigenvalue weighted by Gasteiger charge is -2.20. The number of nitrogens with zero attached hydrogens (tertiary/aromatic N) is 3. The number of rotatable bonds is 3. The molecule has 6 nitrogen and oxygen atoms in total. The van der Waals surface area contributed by atoms with E-state index in [0.29, 0.717) is 29.7 Å². The van der Waals surface area contributed by atoms with E-state index in [4.69, 9.17) is 4.74 Å². The Bertz CT molecular complexity index is 823. The molecule has 1 aliphatic heterocycles. The monoisotopic (exact) mass is 325 g/mol. The first kappa shape index (κ1) is 14.9. The number of phenolic OH excluding ortho intramolecular Hbond substituents is 1. The van der Waals surface area contributed by atoms with Crippen molar-refractivity contribution in [2.75, 3.05) is 25.1 Å². The molecule has 1 aliphatic carbocycles. The summed E-state index contributed by atoms with van der Waals surface area (Å²) in [6.45, 7) is 3.21. The minimum atomic E-state index is -0.375. The van der Waals surface area contributed by atoms with Gasteiger partial charge in [-0.25, -0.2) is 9.97 Å². The van der Waals surface area contributed by atoms with E-state index >= 15 is 0 Å². The lowest BCUT2D eigenvalue weighted by atomic mass is 10.1. The molecule has 0 amide bonds. The molecule has 1 saturated carbocycles. The lowest BCUT2D eigenvalue weighted by Crippen LogP contribution is -2.30. The number of ether oxygens (including phenoxy) is 1. The summed E-state index contributed by atoms with van der Waals surface area (Å²) in [5.41, 5.74) is 1.79. The third kappa shape index (κ3) is 2.13. The molecule has 1 aromatic heterocycles. The van der Waals surface area contributed by atoms with E-state index in [1.54, 1.807) is 12.3 Å². The number of phenols is 1. The Kier molecular flexibility index (Phi) is 3.23. The van der Waals surface area contributed by atoms with Crippen molar-refractivity contribution in [2.24, 2.45) is 11.3 Å². The van der Waals surface area contributed by atoms with Gasteiger partial charge in [-0.1, -0.05) is 12.1 Å². The fourth-order valence-electron chi connectivity index (χ4n) is 3.67. The molecule has 2 aromatic rings. The Morgan fingerprint density at radius 3 is 3.04 bits per heavy atom. The highest BCUT2D eigenvalue weighted by Crippen LogP contribution is 2.58. The summed E-state index contributed by atoms with van der Waals surface area (Å²) in [5, 5.41) is 10.3. The van der Waals surface area contributed by atoms with Gasteiger partial charge >= 0.3 is 5.97 Å². The largest absolute Gasteiger partial charge is 0.507 e. The van der Waals surface area contributed by atoms with Crippen LogP contribution in [0.5, 0.6) is 5.75 Å². The van der Waals surface area contributed by atoms with Crippen molar-refractivity contribution in [1.29, 1.82) is 0 Å². The number of piperidine rings is 1. The second-order valence-corrected chi connectivity index (χ2v) is 6.64.